The fourth-order valence-electron chi connectivity index (χ4n) is 2.56. The molecule has 0 aliphatic heterocycles. The van der Waals surface area contributed by atoms with Crippen molar-refractivity contribution in [3.8, 4) is 5.75 Å². The molecule has 0 saturated heterocycles. The van der Waals surface area contributed by atoms with E-state index in [4.69, 9.17) is 4.74 Å². The predicted octanol–water partition coefficient (Wildman–Crippen LogP) is 3.54. The average molecular weight is 401 g/mol. The number of Topliss-reactive ketones (excluding diaryl/α,β-unsaturated/α-hetero) is 1. The fourth-order valence-corrected chi connectivity index (χ4v) is 4.01. The molecule has 6 nitrogen and oxygen atoms in total. The van der Waals surface area contributed by atoms with Crippen molar-refractivity contribution in [3.63, 3.8) is 0 Å². The van der Waals surface area contributed by atoms with Gasteiger partial charge >= 0.3 is 5.97 Å². The number of benzene rings is 2. The highest BCUT2D eigenvalue weighted by Crippen LogP contribution is 2.17. The lowest BCUT2D eigenvalue weighted by Crippen LogP contribution is -2.30. The van der Waals surface area contributed by atoms with E-state index in [1.54, 1.807) is 44.2 Å². The first-order valence-corrected chi connectivity index (χ1v) is 10.3. The zero-order chi connectivity index (χ0) is 20.7. The Morgan fingerprint density at radius 1 is 1.04 bits per heavy atom. The number of sulfonamides is 1. The minimum Gasteiger partial charge on any atom is -0.423 e. The van der Waals surface area contributed by atoms with Crippen LogP contribution in [0.5, 0.6) is 5.75 Å². The summed E-state index contributed by atoms with van der Waals surface area (Å²) in [6.45, 7) is 5.81. The van der Waals surface area contributed by atoms with E-state index in [0.29, 0.717) is 24.2 Å². The number of nitrogens with zero attached hydrogens (tertiary/aromatic N) is 1. The summed E-state index contributed by atoms with van der Waals surface area (Å²) in [4.78, 5) is 23.5. The van der Waals surface area contributed by atoms with Gasteiger partial charge in [-0.1, -0.05) is 38.1 Å². The highest BCUT2D eigenvalue weighted by atomic mass is 32.2. The molecule has 0 heterocycles. The van der Waals surface area contributed by atoms with Crippen molar-refractivity contribution >= 4 is 27.9 Å². The van der Waals surface area contributed by atoms with Crippen molar-refractivity contribution in [2.75, 3.05) is 13.1 Å². The number of rotatable bonds is 8. The molecule has 0 amide bonds. The molecular weight excluding hydrogens is 378 g/mol. The van der Waals surface area contributed by atoms with Crippen molar-refractivity contribution in [2.45, 2.75) is 25.7 Å². The monoisotopic (exact) mass is 401 g/mol. The van der Waals surface area contributed by atoms with Crippen LogP contribution in [-0.4, -0.2) is 37.6 Å². The van der Waals surface area contributed by atoms with Gasteiger partial charge in [-0.15, -0.1) is 0 Å². The van der Waals surface area contributed by atoms with E-state index in [-0.39, 0.29) is 16.4 Å². The van der Waals surface area contributed by atoms with Crippen molar-refractivity contribution in [3.05, 3.63) is 65.7 Å². The molecule has 0 aliphatic rings. The summed E-state index contributed by atoms with van der Waals surface area (Å²) >= 11 is 0. The van der Waals surface area contributed by atoms with E-state index in [0.717, 1.165) is 0 Å². The Hall–Kier alpha value is -2.77. The summed E-state index contributed by atoms with van der Waals surface area (Å²) in [6, 6.07) is 12.6. The molecule has 0 atom stereocenters. The number of carbonyl (C=O) groups is 2. The van der Waals surface area contributed by atoms with E-state index in [9.17, 15) is 18.0 Å². The van der Waals surface area contributed by atoms with E-state index < -0.39 is 16.0 Å². The first-order chi connectivity index (χ1) is 13.3. The van der Waals surface area contributed by atoms with Crippen molar-refractivity contribution < 1.29 is 22.7 Å². The van der Waals surface area contributed by atoms with Gasteiger partial charge in [-0.2, -0.15) is 4.31 Å². The summed E-state index contributed by atoms with van der Waals surface area (Å²) in [5, 5.41) is 0. The maximum atomic E-state index is 12.5. The van der Waals surface area contributed by atoms with Crippen LogP contribution in [0, 0.1) is 0 Å². The van der Waals surface area contributed by atoms with Gasteiger partial charge in [0.1, 0.15) is 5.75 Å². The van der Waals surface area contributed by atoms with Crippen LogP contribution in [0.25, 0.3) is 6.08 Å². The van der Waals surface area contributed by atoms with Crippen LogP contribution in [0.15, 0.2) is 59.5 Å². The van der Waals surface area contributed by atoms with Gasteiger partial charge in [0, 0.05) is 24.7 Å². The van der Waals surface area contributed by atoms with Crippen molar-refractivity contribution in [1.29, 1.82) is 0 Å². The van der Waals surface area contributed by atoms with Crippen LogP contribution < -0.4 is 4.74 Å². The van der Waals surface area contributed by atoms with Crippen molar-refractivity contribution in [1.82, 2.24) is 4.31 Å². The smallest absolute Gasteiger partial charge is 0.336 e. The molecule has 0 aliphatic carbocycles. The summed E-state index contributed by atoms with van der Waals surface area (Å²) < 4.78 is 31.5. The highest BCUT2D eigenvalue weighted by Gasteiger charge is 2.20. The second-order valence-electron chi connectivity index (χ2n) is 6.00. The summed E-state index contributed by atoms with van der Waals surface area (Å²) in [7, 11) is -3.51. The van der Waals surface area contributed by atoms with Crippen LogP contribution >= 0.6 is 0 Å². The Balaban J connectivity index is 2.07. The highest BCUT2D eigenvalue weighted by molar-refractivity contribution is 7.89. The first kappa shape index (κ1) is 21.5. The number of hydrogen-bond acceptors (Lipinski definition) is 5. The fraction of sp³-hybridized carbons (Fsp3) is 0.238. The maximum absolute atomic E-state index is 12.5. The van der Waals surface area contributed by atoms with Gasteiger partial charge in [0.15, 0.2) is 5.78 Å². The topological polar surface area (TPSA) is 80.8 Å². The van der Waals surface area contributed by atoms with Gasteiger partial charge in [-0.25, -0.2) is 13.2 Å². The number of carbonyl (C=O) groups excluding carboxylic acids is 2. The lowest BCUT2D eigenvalue weighted by molar-refractivity contribution is -0.128. The minimum atomic E-state index is -3.51. The Bertz CT molecular complexity index is 974. The predicted molar refractivity (Wildman–Crippen MR) is 108 cm³/mol. The SMILES string of the molecule is CCN(CC)S(=O)(=O)c1ccc(/C=C/C(=O)Oc2cccc(C(C)=O)c2)cc1. The molecule has 0 unspecified atom stereocenters. The van der Waals surface area contributed by atoms with Crippen LogP contribution in [0.4, 0.5) is 0 Å². The molecule has 28 heavy (non-hydrogen) atoms. The average Bonchev–Trinajstić information content (AvgIpc) is 2.67. The number of esters is 1. The molecule has 7 heteroatoms. The van der Waals surface area contributed by atoms with E-state index >= 15 is 0 Å². The van der Waals surface area contributed by atoms with Gasteiger partial charge < -0.3 is 4.74 Å². The maximum Gasteiger partial charge on any atom is 0.336 e. The lowest BCUT2D eigenvalue weighted by atomic mass is 10.1. The largest absolute Gasteiger partial charge is 0.423 e. The molecular formula is C21H23NO5S. The first-order valence-electron chi connectivity index (χ1n) is 8.89. The molecule has 0 bridgehead atoms. The molecule has 0 N–H and O–H groups in total. The molecule has 0 radical (unpaired) electrons. The molecule has 2 aromatic rings. The van der Waals surface area contributed by atoms with Crippen molar-refractivity contribution in [2.24, 2.45) is 0 Å². The third kappa shape index (κ3) is 5.37. The van der Waals surface area contributed by atoms with Crippen LogP contribution in [0.2, 0.25) is 0 Å². The second-order valence-corrected chi connectivity index (χ2v) is 7.93. The molecule has 2 rings (SSSR count). The molecule has 2 aromatic carbocycles. The zero-order valence-electron chi connectivity index (χ0n) is 16.1. The van der Waals surface area contributed by atoms with Gasteiger partial charge in [-0.3, -0.25) is 4.79 Å². The summed E-state index contributed by atoms with van der Waals surface area (Å²) in [5.41, 5.74) is 1.12. The molecule has 0 fully saturated rings. The second kappa shape index (κ2) is 9.43. The van der Waals surface area contributed by atoms with Gasteiger partial charge in [0.05, 0.1) is 4.90 Å². The quantitative estimate of drug-likeness (QED) is 0.292. The van der Waals surface area contributed by atoms with E-state index in [1.807, 2.05) is 0 Å². The minimum absolute atomic E-state index is 0.117. The molecule has 0 spiro atoms. The summed E-state index contributed by atoms with van der Waals surface area (Å²) in [5.74, 6) is -0.434. The summed E-state index contributed by atoms with van der Waals surface area (Å²) in [6.07, 6.45) is 2.78. The molecule has 148 valence electrons. The molecule has 0 saturated carbocycles. The van der Waals surface area contributed by atoms with Gasteiger partial charge in [0.25, 0.3) is 0 Å². The molecule has 0 aromatic heterocycles. The van der Waals surface area contributed by atoms with Gasteiger partial charge in [0.2, 0.25) is 10.0 Å². The Kier molecular flexibility index (Phi) is 7.25. The number of ether oxygens (including phenoxy) is 1. The van der Waals surface area contributed by atoms with E-state index in [2.05, 4.69) is 0 Å². The van der Waals surface area contributed by atoms with Crippen LogP contribution in [0.3, 0.4) is 0 Å². The zero-order valence-corrected chi connectivity index (χ0v) is 16.9. The third-order valence-electron chi connectivity index (χ3n) is 4.09. The normalized spacial score (nSPS) is 11.7. The van der Waals surface area contributed by atoms with Gasteiger partial charge in [-0.05, 0) is 42.8 Å². The number of ketones is 1. The van der Waals surface area contributed by atoms with E-state index in [1.165, 1.54) is 41.6 Å². The lowest BCUT2D eigenvalue weighted by Gasteiger charge is -2.18. The van der Waals surface area contributed by atoms with Crippen LogP contribution in [0.1, 0.15) is 36.7 Å². The third-order valence-corrected chi connectivity index (χ3v) is 6.16. The van der Waals surface area contributed by atoms with Crippen LogP contribution in [-0.2, 0) is 14.8 Å². The standard InChI is InChI=1S/C21H23NO5S/c1-4-22(5-2)28(25,26)20-12-9-17(10-13-20)11-14-21(24)27-19-8-6-7-18(15-19)16(3)23/h6-15H,4-5H2,1-3H3/b14-11+. The Morgan fingerprint density at radius 3 is 2.25 bits per heavy atom. The Labute approximate surface area is 165 Å². The Morgan fingerprint density at radius 2 is 1.68 bits per heavy atom. The number of hydrogen-bond donors (Lipinski definition) is 0.